The van der Waals surface area contributed by atoms with Gasteiger partial charge in [-0.15, -0.1) is 0 Å². The molecule has 0 amide bonds. The smallest absolute Gasteiger partial charge is 0.225 e. The molecule has 0 aromatic rings. The lowest BCUT2D eigenvalue weighted by atomic mass is 9.99. The van der Waals surface area contributed by atoms with Crippen LogP contribution >= 0.6 is 0 Å². The predicted octanol–water partition coefficient (Wildman–Crippen LogP) is 0.903. The second kappa shape index (κ2) is 4.78. The van der Waals surface area contributed by atoms with Crippen LogP contribution in [-0.4, -0.2) is 48.9 Å². The number of nitroso groups, excluding NO2 is 1. The van der Waals surface area contributed by atoms with Gasteiger partial charge in [-0.3, -0.25) is 0 Å². The maximum Gasteiger partial charge on any atom is 0.225 e. The quantitative estimate of drug-likeness (QED) is 0.705. The maximum absolute atomic E-state index is 11.4. The van der Waals surface area contributed by atoms with Gasteiger partial charge in [0.05, 0.1) is 6.42 Å². The Morgan fingerprint density at radius 3 is 2.75 bits per heavy atom. The molecular formula is C12H20N3O+. The molecule has 0 radical (unpaired) electrons. The molecule has 0 spiro atoms. The number of hydrogen-bond acceptors (Lipinski definition) is 3. The van der Waals surface area contributed by atoms with E-state index in [4.69, 9.17) is 0 Å². The van der Waals surface area contributed by atoms with Gasteiger partial charge in [-0.2, -0.15) is 0 Å². The average Bonchev–Trinajstić information content (AvgIpc) is 2.29. The van der Waals surface area contributed by atoms with Crippen molar-refractivity contribution in [1.82, 2.24) is 10.2 Å². The van der Waals surface area contributed by atoms with Crippen LogP contribution in [0.5, 0.6) is 0 Å². The highest BCUT2D eigenvalue weighted by Gasteiger charge is 2.26. The van der Waals surface area contributed by atoms with Crippen molar-refractivity contribution in [3.63, 3.8) is 0 Å². The molecule has 1 unspecified atom stereocenters. The molecule has 1 aliphatic heterocycles. The number of rotatable bonds is 2. The van der Waals surface area contributed by atoms with Gasteiger partial charge in [0.15, 0.2) is 7.05 Å². The zero-order valence-electron chi connectivity index (χ0n) is 10.1. The van der Waals surface area contributed by atoms with Crippen molar-refractivity contribution >= 4 is 0 Å². The summed E-state index contributed by atoms with van der Waals surface area (Å²) in [5.74, 6) is 0. The summed E-state index contributed by atoms with van der Waals surface area (Å²) in [7, 11) is 1.61. The molecule has 4 heteroatoms. The van der Waals surface area contributed by atoms with Crippen LogP contribution in [0.2, 0.25) is 0 Å². The lowest BCUT2D eigenvalue weighted by Gasteiger charge is -2.33. The lowest BCUT2D eigenvalue weighted by molar-refractivity contribution is -0.546. The zero-order chi connectivity index (χ0) is 11.5. The molecule has 1 atom stereocenters. The number of allylic oxidation sites excluding steroid dienone is 2. The molecule has 0 aromatic carbocycles. The molecule has 16 heavy (non-hydrogen) atoms. The Hall–Kier alpha value is -1.16. The van der Waals surface area contributed by atoms with E-state index in [0.29, 0.717) is 0 Å². The number of hydrogen-bond donors (Lipinski definition) is 1. The van der Waals surface area contributed by atoms with E-state index in [2.05, 4.69) is 29.3 Å². The van der Waals surface area contributed by atoms with E-state index < -0.39 is 0 Å². The van der Waals surface area contributed by atoms with Crippen molar-refractivity contribution in [3.05, 3.63) is 28.3 Å². The molecule has 0 aromatic heterocycles. The standard InChI is InChI=1S/C12H20N3O/c1-10-7-11(14(2)16)9-12(8-10)15-5-3-13-4-6-15/h7-8,11,13H,3-6,9H2,1-2H3/q+1. The van der Waals surface area contributed by atoms with Gasteiger partial charge in [-0.05, 0) is 24.6 Å². The molecule has 1 N–H and O–H groups in total. The number of nitrogens with zero attached hydrogens (tertiary/aromatic N) is 2. The van der Waals surface area contributed by atoms with Gasteiger partial charge in [0.2, 0.25) is 6.04 Å². The van der Waals surface area contributed by atoms with Crippen LogP contribution < -0.4 is 5.32 Å². The van der Waals surface area contributed by atoms with Crippen molar-refractivity contribution in [3.8, 4) is 0 Å². The highest BCUT2D eigenvalue weighted by molar-refractivity contribution is 5.28. The van der Waals surface area contributed by atoms with Gasteiger partial charge in [0.1, 0.15) is 0 Å². The fourth-order valence-corrected chi connectivity index (χ4v) is 2.35. The summed E-state index contributed by atoms with van der Waals surface area (Å²) in [4.78, 5) is 13.8. The predicted molar refractivity (Wildman–Crippen MR) is 64.2 cm³/mol. The normalized spacial score (nSPS) is 26.1. The van der Waals surface area contributed by atoms with Crippen molar-refractivity contribution in [2.75, 3.05) is 33.2 Å². The van der Waals surface area contributed by atoms with Crippen LogP contribution in [0.4, 0.5) is 0 Å². The van der Waals surface area contributed by atoms with Gasteiger partial charge in [0.25, 0.3) is 0 Å². The van der Waals surface area contributed by atoms with Crippen LogP contribution in [0.25, 0.3) is 0 Å². The lowest BCUT2D eigenvalue weighted by Crippen LogP contribution is -2.44. The molecule has 88 valence electrons. The molecule has 4 nitrogen and oxygen atoms in total. The summed E-state index contributed by atoms with van der Waals surface area (Å²) in [6, 6.07) is 0.00915. The highest BCUT2D eigenvalue weighted by atomic mass is 16.3. The summed E-state index contributed by atoms with van der Waals surface area (Å²) < 4.78 is 1.05. The van der Waals surface area contributed by atoms with Crippen molar-refractivity contribution in [1.29, 1.82) is 0 Å². The van der Waals surface area contributed by atoms with Crippen LogP contribution in [0.3, 0.4) is 0 Å². The van der Waals surface area contributed by atoms with Gasteiger partial charge in [0, 0.05) is 41.5 Å². The SMILES string of the molecule is CC1=CC([N+](C)=O)CC(N2CCNCC2)=C1. The Bertz CT molecular complexity index is 340. The Morgan fingerprint density at radius 2 is 2.12 bits per heavy atom. The zero-order valence-corrected chi connectivity index (χ0v) is 10.1. The first kappa shape index (κ1) is 11.3. The molecule has 1 aliphatic carbocycles. The second-order valence-electron chi connectivity index (χ2n) is 4.60. The van der Waals surface area contributed by atoms with Crippen LogP contribution in [0, 0.1) is 4.91 Å². The minimum absolute atomic E-state index is 0.00915. The van der Waals surface area contributed by atoms with E-state index in [1.54, 1.807) is 7.05 Å². The maximum atomic E-state index is 11.4. The highest BCUT2D eigenvalue weighted by Crippen LogP contribution is 2.22. The summed E-state index contributed by atoms with van der Waals surface area (Å²) in [6.07, 6.45) is 5.11. The van der Waals surface area contributed by atoms with E-state index in [1.807, 2.05) is 0 Å². The summed E-state index contributed by atoms with van der Waals surface area (Å²) in [6.45, 7) is 6.25. The van der Waals surface area contributed by atoms with E-state index in [9.17, 15) is 4.91 Å². The largest absolute Gasteiger partial charge is 0.372 e. The van der Waals surface area contributed by atoms with Crippen LogP contribution in [-0.2, 0) is 0 Å². The third kappa shape index (κ3) is 2.50. The second-order valence-corrected chi connectivity index (χ2v) is 4.60. The van der Waals surface area contributed by atoms with Crippen molar-refractivity contribution in [2.24, 2.45) is 0 Å². The van der Waals surface area contributed by atoms with E-state index in [-0.39, 0.29) is 6.04 Å². The Balaban J connectivity index is 2.09. The third-order valence-corrected chi connectivity index (χ3v) is 3.26. The molecule has 1 heterocycles. The van der Waals surface area contributed by atoms with E-state index in [0.717, 1.165) is 37.4 Å². The van der Waals surface area contributed by atoms with Gasteiger partial charge < -0.3 is 10.2 Å². The summed E-state index contributed by atoms with van der Waals surface area (Å²) in [5.41, 5.74) is 2.52. The molecule has 1 fully saturated rings. The summed E-state index contributed by atoms with van der Waals surface area (Å²) >= 11 is 0. The molecular weight excluding hydrogens is 202 g/mol. The molecule has 0 bridgehead atoms. The third-order valence-electron chi connectivity index (χ3n) is 3.26. The topological polar surface area (TPSA) is 35.4 Å². The van der Waals surface area contributed by atoms with E-state index in [1.165, 1.54) is 11.3 Å². The van der Waals surface area contributed by atoms with Gasteiger partial charge in [-0.1, -0.05) is 0 Å². The van der Waals surface area contributed by atoms with Crippen molar-refractivity contribution < 1.29 is 4.76 Å². The van der Waals surface area contributed by atoms with E-state index >= 15 is 0 Å². The van der Waals surface area contributed by atoms with Crippen LogP contribution in [0.1, 0.15) is 13.3 Å². The summed E-state index contributed by atoms with van der Waals surface area (Å²) in [5, 5.41) is 3.34. The minimum Gasteiger partial charge on any atom is -0.372 e. The number of likely N-dealkylation sites (N-methyl/N-ethyl adjacent to an activating group) is 1. The Labute approximate surface area is 96.6 Å². The minimum atomic E-state index is 0.00915. The number of nitrogens with one attached hydrogen (secondary N) is 1. The Morgan fingerprint density at radius 1 is 1.44 bits per heavy atom. The average molecular weight is 222 g/mol. The molecule has 2 aliphatic rings. The van der Waals surface area contributed by atoms with Gasteiger partial charge in [-0.25, -0.2) is 0 Å². The van der Waals surface area contributed by atoms with Crippen molar-refractivity contribution in [2.45, 2.75) is 19.4 Å². The first-order valence-electron chi connectivity index (χ1n) is 5.91. The monoisotopic (exact) mass is 222 g/mol. The number of piperazine rings is 1. The molecule has 1 saturated heterocycles. The molecule has 2 rings (SSSR count). The van der Waals surface area contributed by atoms with Gasteiger partial charge >= 0.3 is 0 Å². The fourth-order valence-electron chi connectivity index (χ4n) is 2.35. The first-order valence-corrected chi connectivity index (χ1v) is 5.91. The fraction of sp³-hybridized carbons (Fsp3) is 0.667. The molecule has 0 saturated carbocycles. The Kier molecular flexibility index (Phi) is 3.39. The van der Waals surface area contributed by atoms with Crippen LogP contribution in [0.15, 0.2) is 23.4 Å². The first-order chi connectivity index (χ1) is 7.66.